The number of carbonyl (C=O) groups is 3. The molecule has 3 N–H and O–H groups in total. The lowest BCUT2D eigenvalue weighted by molar-refractivity contribution is -0.139. The van der Waals surface area contributed by atoms with Gasteiger partial charge in [-0.15, -0.1) is 0 Å². The number of aliphatic carboxylic acids is 1. The van der Waals surface area contributed by atoms with E-state index < -0.39 is 18.5 Å². The Balaban J connectivity index is 1.98. The number of rotatable bonds is 7. The van der Waals surface area contributed by atoms with E-state index in [9.17, 15) is 14.4 Å². The molecule has 0 aliphatic heterocycles. The fraction of sp³-hybridized carbons (Fsp3) is 0.111. The van der Waals surface area contributed by atoms with Gasteiger partial charge in [-0.25, -0.2) is 10.2 Å². The summed E-state index contributed by atoms with van der Waals surface area (Å²) in [6.07, 6.45) is 1.43. The third-order valence-electron chi connectivity index (χ3n) is 3.13. The van der Waals surface area contributed by atoms with Crippen LogP contribution in [0.5, 0.6) is 5.75 Å². The summed E-state index contributed by atoms with van der Waals surface area (Å²) < 4.78 is 5.66. The number of nitrogens with one attached hydrogen (secondary N) is 2. The highest BCUT2D eigenvalue weighted by atomic mass is 79.9. The maximum Gasteiger partial charge on any atom is 0.341 e. The molecule has 0 aliphatic carbocycles. The molecule has 0 radical (unpaired) electrons. The Morgan fingerprint density at radius 2 is 2.00 bits per heavy atom. The molecule has 9 heteroatoms. The first-order valence-corrected chi connectivity index (χ1v) is 8.49. The molecule has 0 saturated heterocycles. The molecule has 27 heavy (non-hydrogen) atoms. The van der Waals surface area contributed by atoms with Crippen LogP contribution in [0.4, 0.5) is 5.69 Å². The molecule has 0 aliphatic rings. The zero-order valence-corrected chi connectivity index (χ0v) is 15.8. The molecule has 0 spiro atoms. The van der Waals surface area contributed by atoms with E-state index >= 15 is 0 Å². The molecule has 2 amide bonds. The lowest BCUT2D eigenvalue weighted by Crippen LogP contribution is -2.18. The lowest BCUT2D eigenvalue weighted by atomic mass is 10.2. The molecule has 8 nitrogen and oxygen atoms in total. The van der Waals surface area contributed by atoms with Gasteiger partial charge in [-0.3, -0.25) is 9.59 Å². The highest BCUT2D eigenvalue weighted by molar-refractivity contribution is 9.10. The Kier molecular flexibility index (Phi) is 7.07. The van der Waals surface area contributed by atoms with Gasteiger partial charge in [0.15, 0.2) is 6.61 Å². The Morgan fingerprint density at radius 3 is 2.67 bits per heavy atom. The van der Waals surface area contributed by atoms with Gasteiger partial charge in [-0.1, -0.05) is 6.07 Å². The van der Waals surface area contributed by atoms with Crippen molar-refractivity contribution in [3.63, 3.8) is 0 Å². The first kappa shape index (κ1) is 20.1. The fourth-order valence-electron chi connectivity index (χ4n) is 2.03. The number of carboxylic acids is 1. The number of anilines is 1. The van der Waals surface area contributed by atoms with Crippen LogP contribution in [0.15, 0.2) is 52.0 Å². The number of carbonyl (C=O) groups excluding carboxylic acids is 2. The van der Waals surface area contributed by atoms with E-state index in [2.05, 4.69) is 31.8 Å². The number of nitrogens with zero attached hydrogens (tertiary/aromatic N) is 1. The quantitative estimate of drug-likeness (QED) is 0.458. The average Bonchev–Trinajstić information content (AvgIpc) is 2.60. The molecule has 0 saturated carbocycles. The van der Waals surface area contributed by atoms with Crippen molar-refractivity contribution >= 4 is 45.6 Å². The van der Waals surface area contributed by atoms with Crippen LogP contribution in [0.1, 0.15) is 22.8 Å². The molecular weight excluding hydrogens is 418 g/mol. The Bertz CT molecular complexity index is 898. The predicted octanol–water partition coefficient (Wildman–Crippen LogP) is 2.63. The van der Waals surface area contributed by atoms with Crippen molar-refractivity contribution < 1.29 is 24.2 Å². The number of halogens is 1. The minimum Gasteiger partial charge on any atom is -0.481 e. The van der Waals surface area contributed by atoms with Crippen molar-refractivity contribution in [3.8, 4) is 5.75 Å². The molecule has 2 aromatic rings. The Morgan fingerprint density at radius 1 is 1.22 bits per heavy atom. The SMILES string of the molecule is CC(=O)Nc1cccc(C(=O)NN=Cc2ccc(OCC(=O)O)c(Br)c2)c1. The van der Waals surface area contributed by atoms with E-state index in [0.29, 0.717) is 27.0 Å². The van der Waals surface area contributed by atoms with E-state index in [1.165, 1.54) is 19.2 Å². The van der Waals surface area contributed by atoms with Gasteiger partial charge in [0.05, 0.1) is 10.7 Å². The number of hydrogen-bond acceptors (Lipinski definition) is 5. The first-order chi connectivity index (χ1) is 12.8. The Hall–Kier alpha value is -3.20. The summed E-state index contributed by atoms with van der Waals surface area (Å²) in [6.45, 7) is 0.937. The van der Waals surface area contributed by atoms with Gasteiger partial charge in [-0.05, 0) is 57.9 Å². The monoisotopic (exact) mass is 433 g/mol. The lowest BCUT2D eigenvalue weighted by Gasteiger charge is -2.06. The third kappa shape index (κ3) is 6.55. The van der Waals surface area contributed by atoms with Crippen LogP contribution in [0.2, 0.25) is 0 Å². The molecule has 0 aromatic heterocycles. The molecule has 0 bridgehead atoms. The molecule has 140 valence electrons. The van der Waals surface area contributed by atoms with Crippen LogP contribution >= 0.6 is 15.9 Å². The van der Waals surface area contributed by atoms with Crippen LogP contribution in [0.3, 0.4) is 0 Å². The number of hydrazone groups is 1. The summed E-state index contributed by atoms with van der Waals surface area (Å²) in [5.74, 6) is -1.35. The zero-order chi connectivity index (χ0) is 19.8. The second kappa shape index (κ2) is 9.48. The summed E-state index contributed by atoms with van der Waals surface area (Å²) in [7, 11) is 0. The van der Waals surface area contributed by atoms with Gasteiger partial charge in [0.25, 0.3) is 5.91 Å². The van der Waals surface area contributed by atoms with Crippen molar-refractivity contribution in [3.05, 3.63) is 58.1 Å². The average molecular weight is 434 g/mol. The topological polar surface area (TPSA) is 117 Å². The standard InChI is InChI=1S/C18H16BrN3O5/c1-11(23)21-14-4-2-3-13(8-14)18(26)22-20-9-12-5-6-16(15(19)7-12)27-10-17(24)25/h2-9H,10H2,1H3,(H,21,23)(H,22,26)(H,24,25). The van der Waals surface area contributed by atoms with Gasteiger partial charge < -0.3 is 15.2 Å². The van der Waals surface area contributed by atoms with Crippen LogP contribution in [0, 0.1) is 0 Å². The smallest absolute Gasteiger partial charge is 0.341 e. The number of benzene rings is 2. The largest absolute Gasteiger partial charge is 0.481 e. The minimum atomic E-state index is -1.07. The van der Waals surface area contributed by atoms with Gasteiger partial charge in [-0.2, -0.15) is 5.10 Å². The van der Waals surface area contributed by atoms with Crippen molar-refractivity contribution in [1.82, 2.24) is 5.43 Å². The summed E-state index contributed by atoms with van der Waals surface area (Å²) in [5.41, 5.74) is 3.92. The molecule has 2 aromatic carbocycles. The van der Waals surface area contributed by atoms with E-state index in [-0.39, 0.29) is 5.91 Å². The van der Waals surface area contributed by atoms with E-state index in [1.54, 1.807) is 36.4 Å². The molecule has 0 unspecified atom stereocenters. The normalized spacial score (nSPS) is 10.4. The first-order valence-electron chi connectivity index (χ1n) is 7.70. The van der Waals surface area contributed by atoms with Crippen molar-refractivity contribution in [2.24, 2.45) is 5.10 Å². The van der Waals surface area contributed by atoms with Crippen molar-refractivity contribution in [1.29, 1.82) is 0 Å². The van der Waals surface area contributed by atoms with Crippen molar-refractivity contribution in [2.45, 2.75) is 6.92 Å². The molecular formula is C18H16BrN3O5. The third-order valence-corrected chi connectivity index (χ3v) is 3.75. The number of ether oxygens (including phenoxy) is 1. The summed E-state index contributed by atoms with van der Waals surface area (Å²) in [6, 6.07) is 11.4. The second-order valence-corrected chi connectivity index (χ2v) is 6.19. The fourth-order valence-corrected chi connectivity index (χ4v) is 2.54. The van der Waals surface area contributed by atoms with Gasteiger partial charge in [0, 0.05) is 18.2 Å². The number of hydrogen-bond donors (Lipinski definition) is 3. The Labute approximate surface area is 163 Å². The zero-order valence-electron chi connectivity index (χ0n) is 14.2. The minimum absolute atomic E-state index is 0.230. The van der Waals surface area contributed by atoms with Crippen LogP contribution < -0.4 is 15.5 Å². The number of carboxylic acid groups (broad SMARTS) is 1. The van der Waals surface area contributed by atoms with Gasteiger partial charge in [0.1, 0.15) is 5.75 Å². The van der Waals surface area contributed by atoms with Crippen LogP contribution in [0.25, 0.3) is 0 Å². The molecule has 0 fully saturated rings. The molecule has 0 heterocycles. The van der Waals surface area contributed by atoms with E-state index in [0.717, 1.165) is 0 Å². The van der Waals surface area contributed by atoms with Crippen molar-refractivity contribution in [2.75, 3.05) is 11.9 Å². The molecule has 0 atom stereocenters. The molecule has 2 rings (SSSR count). The highest BCUT2D eigenvalue weighted by Gasteiger charge is 2.07. The maximum absolute atomic E-state index is 12.1. The second-order valence-electron chi connectivity index (χ2n) is 5.33. The van der Waals surface area contributed by atoms with E-state index in [1.807, 2.05) is 0 Å². The summed E-state index contributed by atoms with van der Waals surface area (Å²) >= 11 is 3.28. The van der Waals surface area contributed by atoms with Crippen LogP contribution in [-0.4, -0.2) is 35.7 Å². The number of amides is 2. The summed E-state index contributed by atoms with van der Waals surface area (Å²) in [4.78, 5) is 33.7. The van der Waals surface area contributed by atoms with E-state index in [4.69, 9.17) is 9.84 Å². The summed E-state index contributed by atoms with van der Waals surface area (Å²) in [5, 5.41) is 15.1. The van der Waals surface area contributed by atoms with Gasteiger partial charge in [0.2, 0.25) is 5.91 Å². The maximum atomic E-state index is 12.1. The highest BCUT2D eigenvalue weighted by Crippen LogP contribution is 2.25. The van der Waals surface area contributed by atoms with Crippen LogP contribution in [-0.2, 0) is 9.59 Å². The predicted molar refractivity (Wildman–Crippen MR) is 103 cm³/mol. The van der Waals surface area contributed by atoms with Gasteiger partial charge >= 0.3 is 5.97 Å².